The average molecular weight is 558 g/mol. The Morgan fingerprint density at radius 2 is 1.70 bits per heavy atom. The highest BCUT2D eigenvalue weighted by atomic mass is 19.4. The van der Waals surface area contributed by atoms with Crippen molar-refractivity contribution in [2.24, 2.45) is 0 Å². The van der Waals surface area contributed by atoms with Crippen LogP contribution in [0.2, 0.25) is 0 Å². The van der Waals surface area contributed by atoms with E-state index >= 15 is 4.39 Å². The molecule has 0 saturated carbocycles. The average Bonchev–Trinajstić information content (AvgIpc) is 3.36. The summed E-state index contributed by atoms with van der Waals surface area (Å²) in [4.78, 5) is 21.5. The maximum Gasteiger partial charge on any atom is 0.418 e. The molecular formula is C28H31F4N7O. The largest absolute Gasteiger partial charge is 0.461 e. The molecule has 0 aliphatic carbocycles. The fourth-order valence-corrected chi connectivity index (χ4v) is 6.40. The van der Waals surface area contributed by atoms with Crippen molar-refractivity contribution < 1.29 is 22.3 Å². The number of hydrogen-bond donors (Lipinski definition) is 1. The van der Waals surface area contributed by atoms with Gasteiger partial charge in [0.15, 0.2) is 5.82 Å². The summed E-state index contributed by atoms with van der Waals surface area (Å²) in [5.74, 6) is -0.742. The van der Waals surface area contributed by atoms with Gasteiger partial charge in [-0.25, -0.2) is 9.37 Å². The predicted molar refractivity (Wildman–Crippen MR) is 144 cm³/mol. The van der Waals surface area contributed by atoms with Crippen LogP contribution < -0.4 is 15.4 Å². The first kappa shape index (κ1) is 26.7. The summed E-state index contributed by atoms with van der Waals surface area (Å²) in [5, 5.41) is 0.297. The van der Waals surface area contributed by atoms with Gasteiger partial charge in [0.25, 0.3) is 0 Å². The van der Waals surface area contributed by atoms with Crippen LogP contribution in [0.5, 0.6) is 6.01 Å². The van der Waals surface area contributed by atoms with Gasteiger partial charge in [0.2, 0.25) is 0 Å². The predicted octanol–water partition coefficient (Wildman–Crippen LogP) is 5.30. The van der Waals surface area contributed by atoms with Crippen molar-refractivity contribution in [3.63, 3.8) is 0 Å². The van der Waals surface area contributed by atoms with E-state index in [-0.39, 0.29) is 28.4 Å². The Hall–Kier alpha value is -3.54. The first-order chi connectivity index (χ1) is 19.2. The second kappa shape index (κ2) is 10.1. The third-order valence-corrected chi connectivity index (χ3v) is 8.27. The van der Waals surface area contributed by atoms with Gasteiger partial charge in [0, 0.05) is 19.3 Å². The number of nitrogens with zero attached hydrogens (tertiary/aromatic N) is 6. The molecule has 6 rings (SSSR count). The van der Waals surface area contributed by atoms with E-state index < -0.39 is 28.9 Å². The number of alkyl halides is 3. The van der Waals surface area contributed by atoms with E-state index in [4.69, 9.17) is 15.5 Å². The first-order valence-corrected chi connectivity index (χ1v) is 13.6. The molecule has 3 aromatic rings. The second-order valence-corrected chi connectivity index (χ2v) is 10.8. The standard InChI is InChI=1S/C28H31F4N7O/c1-17-14-19(33)35-23(20(17)28(30,31)32)24-21(29)22-18(15-34-24)25(38-10-4-2-3-5-11-38)37-26(36-22)40-16-27-8-6-12-39(27)13-7-9-27/h2-3,14-15H,4-13,16H2,1H3,(H2,33,35). The zero-order valence-electron chi connectivity index (χ0n) is 22.3. The van der Waals surface area contributed by atoms with E-state index in [2.05, 4.69) is 32.0 Å². The molecule has 6 heterocycles. The summed E-state index contributed by atoms with van der Waals surface area (Å²) in [6.45, 7) is 4.94. The summed E-state index contributed by atoms with van der Waals surface area (Å²) in [6.07, 6.45) is 6.43. The molecule has 12 heteroatoms. The summed E-state index contributed by atoms with van der Waals surface area (Å²) in [7, 11) is 0. The van der Waals surface area contributed by atoms with Gasteiger partial charge in [0.05, 0.1) is 16.5 Å². The van der Waals surface area contributed by atoms with Crippen molar-refractivity contribution in [2.45, 2.75) is 57.2 Å². The lowest BCUT2D eigenvalue weighted by Gasteiger charge is -2.31. The number of fused-ring (bicyclic) bond motifs is 2. The van der Waals surface area contributed by atoms with Gasteiger partial charge in [0.1, 0.15) is 35.1 Å². The lowest BCUT2D eigenvalue weighted by molar-refractivity contribution is -0.137. The molecule has 0 atom stereocenters. The van der Waals surface area contributed by atoms with E-state index in [9.17, 15) is 13.2 Å². The Bertz CT molecular complexity index is 1460. The molecule has 3 aromatic heterocycles. The minimum atomic E-state index is -4.79. The van der Waals surface area contributed by atoms with E-state index in [0.717, 1.165) is 57.7 Å². The number of rotatable bonds is 5. The Balaban J connectivity index is 1.48. The van der Waals surface area contributed by atoms with Crippen LogP contribution in [0.1, 0.15) is 49.7 Å². The van der Waals surface area contributed by atoms with Crippen LogP contribution in [-0.2, 0) is 6.18 Å². The normalized spacial score (nSPS) is 19.3. The molecule has 2 saturated heterocycles. The Morgan fingerprint density at radius 1 is 1.00 bits per heavy atom. The third-order valence-electron chi connectivity index (χ3n) is 8.27. The van der Waals surface area contributed by atoms with Crippen LogP contribution in [0.15, 0.2) is 24.4 Å². The van der Waals surface area contributed by atoms with Crippen LogP contribution >= 0.6 is 0 Å². The number of halogens is 4. The van der Waals surface area contributed by atoms with Gasteiger partial charge in [-0.1, -0.05) is 12.2 Å². The molecule has 212 valence electrons. The lowest BCUT2D eigenvalue weighted by Crippen LogP contribution is -2.43. The number of anilines is 2. The van der Waals surface area contributed by atoms with Gasteiger partial charge >= 0.3 is 12.2 Å². The maximum atomic E-state index is 16.3. The van der Waals surface area contributed by atoms with E-state index in [1.807, 2.05) is 4.90 Å². The summed E-state index contributed by atoms with van der Waals surface area (Å²) in [5.41, 5.74) is 3.04. The molecule has 0 radical (unpaired) electrons. The Labute approximate surface area is 229 Å². The summed E-state index contributed by atoms with van der Waals surface area (Å²) < 4.78 is 64.6. The Morgan fingerprint density at radius 3 is 2.38 bits per heavy atom. The lowest BCUT2D eigenvalue weighted by atomic mass is 9.95. The van der Waals surface area contributed by atoms with E-state index in [1.165, 1.54) is 13.1 Å². The summed E-state index contributed by atoms with van der Waals surface area (Å²) >= 11 is 0. The second-order valence-electron chi connectivity index (χ2n) is 10.8. The molecule has 3 aliphatic rings. The summed E-state index contributed by atoms with van der Waals surface area (Å²) in [6, 6.07) is 1.11. The quantitative estimate of drug-likeness (QED) is 0.334. The number of ether oxygens (including phenoxy) is 1. The molecule has 0 spiro atoms. The molecule has 3 aliphatic heterocycles. The van der Waals surface area contributed by atoms with Crippen molar-refractivity contribution in [1.82, 2.24) is 24.8 Å². The smallest absolute Gasteiger partial charge is 0.418 e. The fourth-order valence-electron chi connectivity index (χ4n) is 6.40. The van der Waals surface area contributed by atoms with Crippen LogP contribution in [0.3, 0.4) is 0 Å². The van der Waals surface area contributed by atoms with Crippen molar-refractivity contribution in [3.8, 4) is 17.4 Å². The van der Waals surface area contributed by atoms with Gasteiger partial charge in [-0.3, -0.25) is 9.88 Å². The molecule has 0 unspecified atom stereocenters. The molecule has 0 bridgehead atoms. The van der Waals surface area contributed by atoms with Crippen molar-refractivity contribution in [3.05, 3.63) is 41.4 Å². The number of aryl methyl sites for hydroxylation is 1. The van der Waals surface area contributed by atoms with E-state index in [1.54, 1.807) is 0 Å². The SMILES string of the molecule is Cc1cc(N)nc(-c2ncc3c(N4CCC=CCC4)nc(OCC45CCCN4CCC5)nc3c2F)c1C(F)(F)F. The number of aromatic nitrogens is 4. The molecule has 0 amide bonds. The zero-order valence-corrected chi connectivity index (χ0v) is 22.3. The van der Waals surface area contributed by atoms with Crippen LogP contribution in [0, 0.1) is 12.7 Å². The number of pyridine rings is 2. The molecule has 40 heavy (non-hydrogen) atoms. The highest BCUT2D eigenvalue weighted by Gasteiger charge is 2.45. The molecule has 2 N–H and O–H groups in total. The maximum absolute atomic E-state index is 16.3. The molecule has 8 nitrogen and oxygen atoms in total. The zero-order chi connectivity index (χ0) is 28.1. The van der Waals surface area contributed by atoms with Crippen molar-refractivity contribution >= 4 is 22.5 Å². The highest BCUT2D eigenvalue weighted by molar-refractivity contribution is 5.92. The van der Waals surface area contributed by atoms with E-state index in [0.29, 0.717) is 30.9 Å². The van der Waals surface area contributed by atoms with Gasteiger partial charge in [-0.05, 0) is 70.2 Å². The number of nitrogens with two attached hydrogens (primary N) is 1. The number of nitrogen functional groups attached to an aromatic ring is 1. The van der Waals surface area contributed by atoms with Crippen LogP contribution in [0.4, 0.5) is 29.2 Å². The monoisotopic (exact) mass is 557 g/mol. The van der Waals surface area contributed by atoms with Gasteiger partial charge in [-0.15, -0.1) is 0 Å². The Kier molecular flexibility index (Phi) is 6.76. The third kappa shape index (κ3) is 4.71. The molecule has 0 aromatic carbocycles. The number of hydrogen-bond acceptors (Lipinski definition) is 8. The van der Waals surface area contributed by atoms with Gasteiger partial charge in [-0.2, -0.15) is 23.1 Å². The molecule has 2 fully saturated rings. The topological polar surface area (TPSA) is 93.3 Å². The van der Waals surface area contributed by atoms with Crippen molar-refractivity contribution in [1.29, 1.82) is 0 Å². The minimum Gasteiger partial charge on any atom is -0.461 e. The first-order valence-electron chi connectivity index (χ1n) is 13.6. The fraction of sp³-hybridized carbons (Fsp3) is 0.500. The highest BCUT2D eigenvalue weighted by Crippen LogP contribution is 2.42. The molecular weight excluding hydrogens is 526 g/mol. The minimum absolute atomic E-state index is 0.00311. The van der Waals surface area contributed by atoms with Gasteiger partial charge < -0.3 is 15.4 Å². The van der Waals surface area contributed by atoms with Crippen LogP contribution in [-0.4, -0.2) is 63.2 Å². The van der Waals surface area contributed by atoms with Crippen LogP contribution in [0.25, 0.3) is 22.3 Å². The van der Waals surface area contributed by atoms with Crippen molar-refractivity contribution in [2.75, 3.05) is 43.4 Å².